The third-order valence-corrected chi connectivity index (χ3v) is 4.75. The van der Waals surface area contributed by atoms with Gasteiger partial charge in [-0.3, -0.25) is 4.98 Å². The summed E-state index contributed by atoms with van der Waals surface area (Å²) in [6.07, 6.45) is 7.68. The summed E-state index contributed by atoms with van der Waals surface area (Å²) in [5.74, 6) is 0.827. The van der Waals surface area contributed by atoms with Crippen LogP contribution in [0, 0.1) is 11.3 Å². The lowest BCUT2D eigenvalue weighted by Crippen LogP contribution is -2.41. The molecule has 0 bridgehead atoms. The van der Waals surface area contributed by atoms with E-state index in [0.29, 0.717) is 6.61 Å². The summed E-state index contributed by atoms with van der Waals surface area (Å²) < 4.78 is 0. The molecule has 1 saturated carbocycles. The van der Waals surface area contributed by atoms with Gasteiger partial charge in [-0.1, -0.05) is 25.8 Å². The molecule has 0 amide bonds. The third kappa shape index (κ3) is 4.29. The van der Waals surface area contributed by atoms with Crippen molar-refractivity contribution >= 4 is 0 Å². The van der Waals surface area contributed by atoms with Crippen LogP contribution in [0.3, 0.4) is 0 Å². The van der Waals surface area contributed by atoms with Crippen LogP contribution < -0.4 is 0 Å². The topological polar surface area (TPSA) is 36.4 Å². The maximum absolute atomic E-state index is 9.82. The van der Waals surface area contributed by atoms with Crippen molar-refractivity contribution in [1.82, 2.24) is 9.88 Å². The molecule has 0 atom stereocenters. The first-order valence-electron chi connectivity index (χ1n) is 7.83. The molecule has 2 rings (SSSR count). The van der Waals surface area contributed by atoms with Crippen LogP contribution in [0.4, 0.5) is 0 Å². The molecule has 0 aromatic carbocycles. The molecular weight excluding hydrogens is 248 g/mol. The number of hydrogen-bond acceptors (Lipinski definition) is 3. The van der Waals surface area contributed by atoms with E-state index in [2.05, 4.69) is 29.9 Å². The molecule has 1 aliphatic rings. The van der Waals surface area contributed by atoms with Crippen LogP contribution in [0.2, 0.25) is 0 Å². The highest BCUT2D eigenvalue weighted by atomic mass is 16.3. The van der Waals surface area contributed by atoms with Crippen molar-refractivity contribution < 1.29 is 5.11 Å². The molecule has 0 spiro atoms. The van der Waals surface area contributed by atoms with Gasteiger partial charge in [0, 0.05) is 43.4 Å². The van der Waals surface area contributed by atoms with Crippen LogP contribution >= 0.6 is 0 Å². The number of aromatic nitrogens is 1. The van der Waals surface area contributed by atoms with Gasteiger partial charge in [0.25, 0.3) is 0 Å². The number of likely N-dealkylation sites (N-methyl/N-ethyl adjacent to an activating group) is 1. The Balaban J connectivity index is 1.82. The molecule has 1 aromatic heterocycles. The number of aliphatic hydroxyl groups is 1. The Kier molecular flexibility index (Phi) is 5.55. The Morgan fingerprint density at radius 1 is 1.35 bits per heavy atom. The minimum atomic E-state index is 0.130. The van der Waals surface area contributed by atoms with Gasteiger partial charge in [0.05, 0.1) is 0 Å². The highest BCUT2D eigenvalue weighted by Gasteiger charge is 2.34. The van der Waals surface area contributed by atoms with Gasteiger partial charge in [-0.25, -0.2) is 0 Å². The predicted octanol–water partition coefficient (Wildman–Crippen LogP) is 2.74. The average molecular weight is 276 g/mol. The average Bonchev–Trinajstić information content (AvgIpc) is 2.49. The summed E-state index contributed by atoms with van der Waals surface area (Å²) in [6.45, 7) is 4.66. The molecular formula is C17H28N2O. The highest BCUT2D eigenvalue weighted by Crippen LogP contribution is 2.38. The van der Waals surface area contributed by atoms with Gasteiger partial charge in [-0.2, -0.15) is 0 Å². The maximum atomic E-state index is 9.82. The van der Waals surface area contributed by atoms with Crippen LogP contribution in [-0.2, 0) is 6.42 Å². The zero-order valence-corrected chi connectivity index (χ0v) is 12.9. The van der Waals surface area contributed by atoms with Crippen LogP contribution in [0.1, 0.15) is 38.3 Å². The summed E-state index contributed by atoms with van der Waals surface area (Å²) in [4.78, 5) is 6.73. The molecule has 20 heavy (non-hydrogen) atoms. The molecule has 0 saturated heterocycles. The van der Waals surface area contributed by atoms with E-state index in [4.69, 9.17) is 0 Å². The van der Waals surface area contributed by atoms with E-state index in [1.807, 2.05) is 18.3 Å². The van der Waals surface area contributed by atoms with Crippen molar-refractivity contribution in [2.75, 3.05) is 26.7 Å². The van der Waals surface area contributed by atoms with Gasteiger partial charge in [0.15, 0.2) is 0 Å². The zero-order chi connectivity index (χ0) is 14.4. The fraction of sp³-hybridized carbons (Fsp3) is 0.706. The minimum Gasteiger partial charge on any atom is -0.396 e. The van der Waals surface area contributed by atoms with Gasteiger partial charge < -0.3 is 10.0 Å². The van der Waals surface area contributed by atoms with Gasteiger partial charge in [-0.15, -0.1) is 0 Å². The minimum absolute atomic E-state index is 0.130. The van der Waals surface area contributed by atoms with Crippen LogP contribution in [0.5, 0.6) is 0 Å². The molecule has 1 aliphatic carbocycles. The molecule has 0 radical (unpaired) electrons. The smallest absolute Gasteiger partial charge is 0.0499 e. The van der Waals surface area contributed by atoms with Crippen molar-refractivity contribution in [2.45, 2.75) is 39.0 Å². The monoisotopic (exact) mass is 276 g/mol. The fourth-order valence-electron chi connectivity index (χ4n) is 3.24. The molecule has 3 heteroatoms. The van der Waals surface area contributed by atoms with E-state index in [9.17, 15) is 5.11 Å². The molecule has 1 fully saturated rings. The molecule has 1 N–H and O–H groups in total. The van der Waals surface area contributed by atoms with Crippen LogP contribution in [0.15, 0.2) is 24.4 Å². The van der Waals surface area contributed by atoms with E-state index in [1.54, 1.807) is 0 Å². The van der Waals surface area contributed by atoms with E-state index < -0.39 is 0 Å². The molecule has 1 heterocycles. The number of aliphatic hydroxyl groups excluding tert-OH is 1. The lowest BCUT2D eigenvalue weighted by Gasteiger charge is -2.40. The molecule has 112 valence electrons. The molecule has 0 aliphatic heterocycles. The third-order valence-electron chi connectivity index (χ3n) is 4.75. The summed E-state index contributed by atoms with van der Waals surface area (Å²) in [7, 11) is 2.17. The second kappa shape index (κ2) is 7.19. The molecule has 0 unspecified atom stereocenters. The van der Waals surface area contributed by atoms with E-state index in [0.717, 1.165) is 31.1 Å². The van der Waals surface area contributed by atoms with Crippen molar-refractivity contribution in [2.24, 2.45) is 11.3 Å². The van der Waals surface area contributed by atoms with E-state index >= 15 is 0 Å². The summed E-state index contributed by atoms with van der Waals surface area (Å²) in [5, 5.41) is 9.82. The Morgan fingerprint density at radius 2 is 2.10 bits per heavy atom. The first-order chi connectivity index (χ1) is 9.63. The molecule has 3 nitrogen and oxygen atoms in total. The predicted molar refractivity (Wildman–Crippen MR) is 82.6 cm³/mol. The lowest BCUT2D eigenvalue weighted by molar-refractivity contribution is 0.0368. The van der Waals surface area contributed by atoms with Gasteiger partial charge in [0.1, 0.15) is 0 Å². The summed E-state index contributed by atoms with van der Waals surface area (Å²) >= 11 is 0. The van der Waals surface area contributed by atoms with E-state index in [-0.39, 0.29) is 5.41 Å². The quantitative estimate of drug-likeness (QED) is 0.868. The van der Waals surface area contributed by atoms with Gasteiger partial charge in [-0.05, 0) is 37.9 Å². The standard InChI is InChI=1S/C17H28N2O/c1-15-6-9-17(14-20,10-7-15)13-19(2)12-8-16-5-3-4-11-18-16/h3-5,11,15,20H,6-10,12-14H2,1-2H3. The van der Waals surface area contributed by atoms with Crippen molar-refractivity contribution in [3.63, 3.8) is 0 Å². The zero-order valence-electron chi connectivity index (χ0n) is 12.9. The normalized spacial score (nSPS) is 26.9. The Bertz CT molecular complexity index is 385. The Hall–Kier alpha value is -0.930. The van der Waals surface area contributed by atoms with Crippen molar-refractivity contribution in [3.8, 4) is 0 Å². The first-order valence-corrected chi connectivity index (χ1v) is 7.83. The van der Waals surface area contributed by atoms with Crippen molar-refractivity contribution in [1.29, 1.82) is 0 Å². The number of rotatable bonds is 6. The Morgan fingerprint density at radius 3 is 2.70 bits per heavy atom. The summed E-state index contributed by atoms with van der Waals surface area (Å²) in [5.41, 5.74) is 1.28. The van der Waals surface area contributed by atoms with Gasteiger partial charge in [0.2, 0.25) is 0 Å². The van der Waals surface area contributed by atoms with Crippen LogP contribution in [0.25, 0.3) is 0 Å². The van der Waals surface area contributed by atoms with Crippen LogP contribution in [-0.4, -0.2) is 41.7 Å². The Labute approximate surface area is 123 Å². The number of nitrogens with zero attached hydrogens (tertiary/aromatic N) is 2. The molecule has 1 aromatic rings. The van der Waals surface area contributed by atoms with Gasteiger partial charge >= 0.3 is 0 Å². The second-order valence-electron chi connectivity index (χ2n) is 6.65. The van der Waals surface area contributed by atoms with E-state index in [1.165, 1.54) is 25.7 Å². The lowest BCUT2D eigenvalue weighted by atomic mass is 9.71. The second-order valence-corrected chi connectivity index (χ2v) is 6.65. The summed E-state index contributed by atoms with van der Waals surface area (Å²) in [6, 6.07) is 6.08. The fourth-order valence-corrected chi connectivity index (χ4v) is 3.24. The number of pyridine rings is 1. The highest BCUT2D eigenvalue weighted by molar-refractivity contribution is 5.03. The maximum Gasteiger partial charge on any atom is 0.0499 e. The number of hydrogen-bond donors (Lipinski definition) is 1. The first kappa shape index (κ1) is 15.5. The van der Waals surface area contributed by atoms with Crippen molar-refractivity contribution in [3.05, 3.63) is 30.1 Å². The largest absolute Gasteiger partial charge is 0.396 e. The SMILES string of the molecule is CC1CCC(CO)(CN(C)CCc2ccccn2)CC1.